The molecule has 3 nitrogen and oxygen atoms in total. The highest BCUT2D eigenvalue weighted by atomic mass is 79.9. The molecule has 0 aliphatic heterocycles. The highest BCUT2D eigenvalue weighted by molar-refractivity contribution is 9.08. The lowest BCUT2D eigenvalue weighted by Crippen LogP contribution is -2.00. The zero-order valence-corrected chi connectivity index (χ0v) is 9.13. The second-order valence-electron chi connectivity index (χ2n) is 2.76. The molecule has 80 valence electrons. The van der Waals surface area contributed by atoms with Crippen molar-refractivity contribution < 1.29 is 13.9 Å². The van der Waals surface area contributed by atoms with Gasteiger partial charge in [-0.05, 0) is 6.07 Å². The molecule has 15 heavy (non-hydrogen) atoms. The lowest BCUT2D eigenvalue weighted by atomic mass is 10.1. The number of aromatic nitrogens is 1. The largest absolute Gasteiger partial charge is 0.506 e. The summed E-state index contributed by atoms with van der Waals surface area (Å²) in [4.78, 5) is 3.80. The van der Waals surface area contributed by atoms with E-state index >= 15 is 0 Å². The predicted octanol–water partition coefficient (Wildman–Crippen LogP) is 2.69. The predicted molar refractivity (Wildman–Crippen MR) is 52.8 cm³/mol. The molecule has 0 saturated carbocycles. The molecule has 0 radical (unpaired) electrons. The third-order valence-corrected chi connectivity index (χ3v) is 2.33. The molecule has 0 unspecified atom stereocenters. The number of nitriles is 1. The number of rotatable bonds is 3. The summed E-state index contributed by atoms with van der Waals surface area (Å²) in [6, 6.07) is 2.76. The summed E-state index contributed by atoms with van der Waals surface area (Å²) in [5, 5.41) is 17.9. The average molecular weight is 277 g/mol. The van der Waals surface area contributed by atoms with Gasteiger partial charge < -0.3 is 5.11 Å². The van der Waals surface area contributed by atoms with E-state index in [0.717, 1.165) is 6.07 Å². The van der Waals surface area contributed by atoms with E-state index in [-0.39, 0.29) is 34.5 Å². The molecule has 0 fully saturated rings. The molecule has 1 N–H and O–H groups in total. The lowest BCUT2D eigenvalue weighted by Gasteiger charge is -2.08. The Morgan fingerprint density at radius 1 is 1.53 bits per heavy atom. The van der Waals surface area contributed by atoms with Crippen LogP contribution in [0, 0.1) is 11.3 Å². The number of halogens is 3. The van der Waals surface area contributed by atoms with Crippen LogP contribution >= 0.6 is 15.9 Å². The van der Waals surface area contributed by atoms with Crippen LogP contribution in [-0.2, 0) is 11.8 Å². The first-order valence-electron chi connectivity index (χ1n) is 4.02. The summed E-state index contributed by atoms with van der Waals surface area (Å²) in [6.07, 6.45) is -2.79. The second kappa shape index (κ2) is 5.03. The number of hydrogen-bond donors (Lipinski definition) is 1. The minimum atomic E-state index is -2.69. The van der Waals surface area contributed by atoms with Crippen LogP contribution in [0.2, 0.25) is 0 Å². The maximum Gasteiger partial charge on any atom is 0.265 e. The molecule has 0 saturated heterocycles. The van der Waals surface area contributed by atoms with Crippen LogP contribution in [0.3, 0.4) is 0 Å². The minimum Gasteiger partial charge on any atom is -0.506 e. The number of pyridine rings is 1. The third-order valence-electron chi connectivity index (χ3n) is 1.80. The molecule has 1 aromatic heterocycles. The highest BCUT2D eigenvalue weighted by Gasteiger charge is 2.17. The molecule has 0 aliphatic rings. The third kappa shape index (κ3) is 2.63. The van der Waals surface area contributed by atoms with Gasteiger partial charge in [0.05, 0.1) is 23.9 Å². The smallest absolute Gasteiger partial charge is 0.265 e. The Hall–Kier alpha value is -1.22. The van der Waals surface area contributed by atoms with E-state index in [4.69, 9.17) is 5.26 Å². The maximum atomic E-state index is 12.5. The van der Waals surface area contributed by atoms with Gasteiger partial charge in [-0.3, -0.25) is 4.98 Å². The number of nitrogens with zero attached hydrogens (tertiary/aromatic N) is 2. The van der Waals surface area contributed by atoms with Crippen LogP contribution in [0.25, 0.3) is 0 Å². The molecule has 0 spiro atoms. The van der Waals surface area contributed by atoms with E-state index in [2.05, 4.69) is 20.9 Å². The maximum absolute atomic E-state index is 12.5. The van der Waals surface area contributed by atoms with E-state index < -0.39 is 6.43 Å². The van der Waals surface area contributed by atoms with Gasteiger partial charge in [0.2, 0.25) is 0 Å². The first kappa shape index (κ1) is 11.9. The Balaban J connectivity index is 3.24. The SMILES string of the molecule is N#CCc1nc(CBr)c(C(F)F)cc1O. The standard InChI is InChI=1S/C9H7BrF2N2O/c10-4-7-5(9(11)12)3-8(15)6(14-7)1-2-13/h3,9,15H,1,4H2. The van der Waals surface area contributed by atoms with Crippen molar-refractivity contribution in [2.75, 3.05) is 0 Å². The van der Waals surface area contributed by atoms with E-state index in [1.54, 1.807) is 6.07 Å². The van der Waals surface area contributed by atoms with E-state index in [9.17, 15) is 13.9 Å². The fourth-order valence-corrected chi connectivity index (χ4v) is 1.55. The molecule has 0 aromatic carbocycles. The molecule has 1 aromatic rings. The second-order valence-corrected chi connectivity index (χ2v) is 3.32. The van der Waals surface area contributed by atoms with Crippen LogP contribution in [0.1, 0.15) is 23.4 Å². The monoisotopic (exact) mass is 276 g/mol. The van der Waals surface area contributed by atoms with Gasteiger partial charge in [-0.1, -0.05) is 15.9 Å². The molecule has 0 bridgehead atoms. The topological polar surface area (TPSA) is 56.9 Å². The summed E-state index contributed by atoms with van der Waals surface area (Å²) >= 11 is 3.03. The van der Waals surface area contributed by atoms with Crippen LogP contribution < -0.4 is 0 Å². The Morgan fingerprint density at radius 2 is 2.20 bits per heavy atom. The molecule has 1 rings (SSSR count). The highest BCUT2D eigenvalue weighted by Crippen LogP contribution is 2.28. The summed E-state index contributed by atoms with van der Waals surface area (Å²) in [5.74, 6) is -0.364. The van der Waals surface area contributed by atoms with Gasteiger partial charge in [-0.2, -0.15) is 5.26 Å². The Kier molecular flexibility index (Phi) is 3.97. The fraction of sp³-hybridized carbons (Fsp3) is 0.333. The fourth-order valence-electron chi connectivity index (χ4n) is 1.10. The number of hydrogen-bond acceptors (Lipinski definition) is 3. The number of aromatic hydroxyl groups is 1. The minimum absolute atomic E-state index is 0.102. The molecule has 0 atom stereocenters. The summed E-state index contributed by atoms with van der Waals surface area (Å²) in [6.45, 7) is 0. The van der Waals surface area contributed by atoms with Crippen LogP contribution in [0.5, 0.6) is 5.75 Å². The van der Waals surface area contributed by atoms with Crippen molar-refractivity contribution in [3.05, 3.63) is 23.0 Å². The zero-order chi connectivity index (χ0) is 11.4. The summed E-state index contributed by atoms with van der Waals surface area (Å²) in [7, 11) is 0. The molecule has 6 heteroatoms. The van der Waals surface area contributed by atoms with Crippen LogP contribution in [0.4, 0.5) is 8.78 Å². The van der Waals surface area contributed by atoms with Gasteiger partial charge in [0.25, 0.3) is 6.43 Å². The van der Waals surface area contributed by atoms with Crippen molar-refractivity contribution >= 4 is 15.9 Å². The Bertz CT molecular complexity index is 404. The Morgan fingerprint density at radius 3 is 2.67 bits per heavy atom. The van der Waals surface area contributed by atoms with Crippen molar-refractivity contribution in [2.45, 2.75) is 18.2 Å². The van der Waals surface area contributed by atoms with E-state index in [0.29, 0.717) is 0 Å². The number of alkyl halides is 3. The first-order valence-corrected chi connectivity index (χ1v) is 5.15. The van der Waals surface area contributed by atoms with Crippen molar-refractivity contribution in [3.63, 3.8) is 0 Å². The molecular formula is C9H7BrF2N2O. The first-order chi connectivity index (χ1) is 7.10. The van der Waals surface area contributed by atoms with Gasteiger partial charge in [0.15, 0.2) is 0 Å². The van der Waals surface area contributed by atoms with Crippen LogP contribution in [0.15, 0.2) is 6.07 Å². The quantitative estimate of drug-likeness (QED) is 0.864. The van der Waals surface area contributed by atoms with Gasteiger partial charge in [-0.15, -0.1) is 0 Å². The van der Waals surface area contributed by atoms with Gasteiger partial charge in [0.1, 0.15) is 5.75 Å². The molecule has 0 amide bonds. The summed E-state index contributed by atoms with van der Waals surface area (Å²) < 4.78 is 25.0. The average Bonchev–Trinajstić information content (AvgIpc) is 2.20. The van der Waals surface area contributed by atoms with Gasteiger partial charge in [0, 0.05) is 10.9 Å². The van der Waals surface area contributed by atoms with Gasteiger partial charge >= 0.3 is 0 Å². The van der Waals surface area contributed by atoms with Crippen molar-refractivity contribution in [1.29, 1.82) is 5.26 Å². The van der Waals surface area contributed by atoms with E-state index in [1.165, 1.54) is 0 Å². The van der Waals surface area contributed by atoms with Gasteiger partial charge in [-0.25, -0.2) is 8.78 Å². The zero-order valence-electron chi connectivity index (χ0n) is 7.54. The van der Waals surface area contributed by atoms with Crippen LogP contribution in [-0.4, -0.2) is 10.1 Å². The molecular weight excluding hydrogens is 270 g/mol. The van der Waals surface area contributed by atoms with E-state index in [1.807, 2.05) is 0 Å². The molecule has 1 heterocycles. The van der Waals surface area contributed by atoms with Crippen molar-refractivity contribution in [1.82, 2.24) is 4.98 Å². The van der Waals surface area contributed by atoms with Crippen molar-refractivity contribution in [3.8, 4) is 11.8 Å². The summed E-state index contributed by atoms with van der Waals surface area (Å²) in [5.41, 5.74) is -0.0459. The van der Waals surface area contributed by atoms with Crippen molar-refractivity contribution in [2.24, 2.45) is 0 Å². The normalized spacial score (nSPS) is 10.3. The lowest BCUT2D eigenvalue weighted by molar-refractivity contribution is 0.149. The Labute approximate surface area is 93.5 Å². The molecule has 0 aliphatic carbocycles.